The number of carbonyl (C=O) groups excluding carboxylic acids is 1. The molecule has 0 atom stereocenters. The molecule has 1 aliphatic carbocycles. The summed E-state index contributed by atoms with van der Waals surface area (Å²) in [6, 6.07) is 1.14. The van der Waals surface area contributed by atoms with E-state index in [0.717, 1.165) is 25.5 Å². The highest BCUT2D eigenvalue weighted by Gasteiger charge is 2.46. The molecule has 106 valence electrons. The molecule has 0 saturated heterocycles. The average molecular weight is 280 g/mol. The smallest absolute Gasteiger partial charge is 0.204 e. The first-order valence-corrected chi connectivity index (χ1v) is 10.7. The zero-order chi connectivity index (χ0) is 14.1. The Balaban J connectivity index is 1.88. The third kappa shape index (κ3) is 3.76. The molecule has 0 aromatic carbocycles. The van der Waals surface area contributed by atoms with Crippen LogP contribution in [0.1, 0.15) is 30.4 Å². The number of hydrogen-bond acceptors (Lipinski definition) is 3. The van der Waals surface area contributed by atoms with E-state index < -0.39 is 8.07 Å². The number of aromatic nitrogens is 2. The number of rotatable bonds is 7. The van der Waals surface area contributed by atoms with Crippen LogP contribution < -0.4 is 0 Å². The van der Waals surface area contributed by atoms with E-state index in [0.29, 0.717) is 12.6 Å². The van der Waals surface area contributed by atoms with Crippen LogP contribution in [0.4, 0.5) is 0 Å². The first-order valence-electron chi connectivity index (χ1n) is 6.96. The van der Waals surface area contributed by atoms with Crippen LogP contribution in [0.2, 0.25) is 25.7 Å². The monoisotopic (exact) mass is 280 g/mol. The van der Waals surface area contributed by atoms with E-state index in [2.05, 4.69) is 24.6 Å². The van der Waals surface area contributed by atoms with Gasteiger partial charge in [0.1, 0.15) is 6.73 Å². The van der Waals surface area contributed by atoms with Gasteiger partial charge in [-0.3, -0.25) is 4.79 Å². The minimum atomic E-state index is -1.05. The zero-order valence-corrected chi connectivity index (χ0v) is 13.4. The van der Waals surface area contributed by atoms with Crippen molar-refractivity contribution in [1.82, 2.24) is 9.55 Å². The van der Waals surface area contributed by atoms with E-state index >= 15 is 0 Å². The van der Waals surface area contributed by atoms with Crippen LogP contribution >= 0.6 is 0 Å². The van der Waals surface area contributed by atoms with Gasteiger partial charge in [-0.25, -0.2) is 4.98 Å². The number of ketones is 1. The molecule has 1 fully saturated rings. The summed E-state index contributed by atoms with van der Waals surface area (Å²) in [4.78, 5) is 16.5. The Morgan fingerprint density at radius 1 is 1.47 bits per heavy atom. The Morgan fingerprint density at radius 2 is 2.16 bits per heavy atom. The van der Waals surface area contributed by atoms with Crippen molar-refractivity contribution in [2.75, 3.05) is 6.61 Å². The van der Waals surface area contributed by atoms with Gasteiger partial charge in [0, 0.05) is 32.5 Å². The van der Waals surface area contributed by atoms with Crippen LogP contribution in [0, 0.1) is 5.41 Å². The average Bonchev–Trinajstić information content (AvgIpc) is 2.91. The summed E-state index contributed by atoms with van der Waals surface area (Å²) in [5.74, 6) is 0.708. The first-order chi connectivity index (χ1) is 8.82. The fourth-order valence-corrected chi connectivity index (χ4v) is 2.60. The number of ether oxygens (including phenoxy) is 1. The first kappa shape index (κ1) is 14.5. The summed E-state index contributed by atoms with van der Waals surface area (Å²) in [5, 5.41) is 0. The second-order valence-corrected chi connectivity index (χ2v) is 12.6. The van der Waals surface area contributed by atoms with E-state index in [4.69, 9.17) is 4.74 Å². The molecule has 1 aromatic heterocycles. The summed E-state index contributed by atoms with van der Waals surface area (Å²) in [5.41, 5.74) is -0.165. The number of nitrogens with zero attached hydrogens (tertiary/aromatic N) is 2. The van der Waals surface area contributed by atoms with Gasteiger partial charge in [0.15, 0.2) is 5.82 Å². The van der Waals surface area contributed by atoms with Gasteiger partial charge in [-0.05, 0) is 18.9 Å². The highest BCUT2D eigenvalue weighted by atomic mass is 28.3. The van der Waals surface area contributed by atoms with Gasteiger partial charge in [-0.1, -0.05) is 26.6 Å². The molecule has 4 nitrogen and oxygen atoms in total. The summed E-state index contributed by atoms with van der Waals surface area (Å²) in [7, 11) is -1.05. The molecule has 0 N–H and O–H groups in total. The lowest BCUT2D eigenvalue weighted by atomic mass is 10.0. The highest BCUT2D eigenvalue weighted by molar-refractivity contribution is 6.76. The number of Topliss-reactive ketones (excluding diaryl/α,β-unsaturated/α-hetero) is 1. The van der Waals surface area contributed by atoms with E-state index in [1.54, 1.807) is 6.20 Å². The predicted octanol–water partition coefficient (Wildman–Crippen LogP) is 3.18. The van der Waals surface area contributed by atoms with Gasteiger partial charge in [0.25, 0.3) is 0 Å². The number of hydrogen-bond donors (Lipinski definition) is 0. The third-order valence-electron chi connectivity index (χ3n) is 3.69. The van der Waals surface area contributed by atoms with Crippen LogP contribution in [-0.4, -0.2) is 30.0 Å². The molecular formula is C14H24N2O2Si. The van der Waals surface area contributed by atoms with Gasteiger partial charge < -0.3 is 9.30 Å². The second kappa shape index (κ2) is 5.21. The summed E-state index contributed by atoms with van der Waals surface area (Å²) < 4.78 is 7.51. The molecule has 0 radical (unpaired) electrons. The molecule has 0 spiro atoms. The Morgan fingerprint density at radius 3 is 2.74 bits per heavy atom. The Bertz CT molecular complexity index is 458. The minimum absolute atomic E-state index is 0.159. The SMILES string of the molecule is CC1(C(=O)c2nccn2COCC[Si](C)(C)C)CC1. The van der Waals surface area contributed by atoms with E-state index in [1.165, 1.54) is 0 Å². The van der Waals surface area contributed by atoms with Gasteiger partial charge >= 0.3 is 0 Å². The summed E-state index contributed by atoms with van der Waals surface area (Å²) in [6.07, 6.45) is 5.47. The summed E-state index contributed by atoms with van der Waals surface area (Å²) in [6.45, 7) is 10.2. The van der Waals surface area contributed by atoms with Crippen molar-refractivity contribution >= 4 is 13.9 Å². The van der Waals surface area contributed by atoms with E-state index in [1.807, 2.05) is 17.7 Å². The highest BCUT2D eigenvalue weighted by Crippen LogP contribution is 2.47. The quantitative estimate of drug-likeness (QED) is 0.438. The largest absolute Gasteiger partial charge is 0.361 e. The molecule has 0 bridgehead atoms. The Hall–Kier alpha value is -0.943. The number of carbonyl (C=O) groups is 1. The van der Waals surface area contributed by atoms with Crippen molar-refractivity contribution in [3.8, 4) is 0 Å². The lowest BCUT2D eigenvalue weighted by molar-refractivity contribution is 0.0765. The molecule has 0 amide bonds. The topological polar surface area (TPSA) is 44.1 Å². The Kier molecular flexibility index (Phi) is 3.97. The van der Waals surface area contributed by atoms with Crippen LogP contribution in [0.5, 0.6) is 0 Å². The van der Waals surface area contributed by atoms with Gasteiger partial charge in [0.05, 0.1) is 0 Å². The van der Waals surface area contributed by atoms with Crippen LogP contribution in [0.15, 0.2) is 12.4 Å². The predicted molar refractivity (Wildman–Crippen MR) is 78.0 cm³/mol. The zero-order valence-electron chi connectivity index (χ0n) is 12.4. The molecular weight excluding hydrogens is 256 g/mol. The maximum Gasteiger partial charge on any atom is 0.204 e. The van der Waals surface area contributed by atoms with Crippen molar-refractivity contribution in [3.63, 3.8) is 0 Å². The van der Waals surface area contributed by atoms with Crippen molar-refractivity contribution in [2.24, 2.45) is 5.41 Å². The maximum atomic E-state index is 12.3. The number of imidazole rings is 1. The minimum Gasteiger partial charge on any atom is -0.361 e. The van der Waals surface area contributed by atoms with Crippen LogP contribution in [0.3, 0.4) is 0 Å². The van der Waals surface area contributed by atoms with Crippen molar-refractivity contribution < 1.29 is 9.53 Å². The van der Waals surface area contributed by atoms with Crippen LogP contribution in [-0.2, 0) is 11.5 Å². The van der Waals surface area contributed by atoms with E-state index in [-0.39, 0.29) is 11.2 Å². The molecule has 2 rings (SSSR count). The fraction of sp³-hybridized carbons (Fsp3) is 0.714. The molecule has 0 unspecified atom stereocenters. The molecule has 1 aromatic rings. The molecule has 5 heteroatoms. The maximum absolute atomic E-state index is 12.3. The molecule has 1 saturated carbocycles. The molecule has 1 heterocycles. The fourth-order valence-electron chi connectivity index (χ4n) is 1.85. The van der Waals surface area contributed by atoms with Gasteiger partial charge in [-0.15, -0.1) is 0 Å². The molecule has 0 aliphatic heterocycles. The van der Waals surface area contributed by atoms with Crippen LogP contribution in [0.25, 0.3) is 0 Å². The van der Waals surface area contributed by atoms with Crippen molar-refractivity contribution in [3.05, 3.63) is 18.2 Å². The second-order valence-electron chi connectivity index (χ2n) is 6.96. The third-order valence-corrected chi connectivity index (χ3v) is 5.40. The molecule has 1 aliphatic rings. The standard InChI is InChI=1S/C14H24N2O2Si/c1-14(5-6-14)12(17)13-15-7-8-16(13)11-18-9-10-19(2,3)4/h7-8H,5-6,9-11H2,1-4H3. The van der Waals surface area contributed by atoms with Crippen molar-refractivity contribution in [2.45, 2.75) is 52.2 Å². The lowest BCUT2D eigenvalue weighted by Gasteiger charge is -2.16. The van der Waals surface area contributed by atoms with Crippen molar-refractivity contribution in [1.29, 1.82) is 0 Å². The lowest BCUT2D eigenvalue weighted by Crippen LogP contribution is -2.23. The summed E-state index contributed by atoms with van der Waals surface area (Å²) >= 11 is 0. The van der Waals surface area contributed by atoms with Gasteiger partial charge in [0.2, 0.25) is 5.78 Å². The van der Waals surface area contributed by atoms with E-state index in [9.17, 15) is 4.79 Å². The molecule has 19 heavy (non-hydrogen) atoms. The van der Waals surface area contributed by atoms with Gasteiger partial charge in [-0.2, -0.15) is 0 Å². The normalized spacial score (nSPS) is 17.5. The Labute approximate surface area is 116 Å².